The quantitative estimate of drug-likeness (QED) is 0.282. The molecule has 0 saturated carbocycles. The van der Waals surface area contributed by atoms with Crippen LogP contribution in [0.5, 0.6) is 0 Å². The molecule has 1 N–H and O–H groups in total. The van der Waals surface area contributed by atoms with Gasteiger partial charge in [-0.2, -0.15) is 18.2 Å². The van der Waals surface area contributed by atoms with Crippen molar-refractivity contribution < 1.29 is 26.0 Å². The summed E-state index contributed by atoms with van der Waals surface area (Å²) < 4.78 is 70.1. The van der Waals surface area contributed by atoms with Crippen LogP contribution in [0.1, 0.15) is 11.1 Å². The molecule has 3 aromatic carbocycles. The van der Waals surface area contributed by atoms with Crippen molar-refractivity contribution in [2.75, 3.05) is 5.32 Å². The summed E-state index contributed by atoms with van der Waals surface area (Å²) in [5.41, 5.74) is -2.22. The van der Waals surface area contributed by atoms with Gasteiger partial charge in [-0.1, -0.05) is 48.5 Å². The molecule has 1 aromatic heterocycles. The molecule has 176 valence electrons. The zero-order valence-electron chi connectivity index (χ0n) is 17.8. The number of rotatable bonds is 7. The Balaban J connectivity index is 1.66. The third-order valence-electron chi connectivity index (χ3n) is 4.89. The highest BCUT2D eigenvalue weighted by Gasteiger charge is 2.30. The van der Waals surface area contributed by atoms with Gasteiger partial charge < -0.3 is 9.73 Å². The van der Waals surface area contributed by atoms with E-state index in [9.17, 15) is 21.6 Å². The van der Waals surface area contributed by atoms with E-state index in [1.54, 1.807) is 30.3 Å². The molecule has 0 radical (unpaired) electrons. The maximum absolute atomic E-state index is 13.3. The molecule has 0 spiro atoms. The highest BCUT2D eigenvalue weighted by atomic mass is 32.2. The van der Waals surface area contributed by atoms with Crippen LogP contribution in [-0.2, 0) is 16.4 Å². The topological polar surface area (TPSA) is 72.2 Å². The van der Waals surface area contributed by atoms with Gasteiger partial charge in [0.25, 0.3) is 0 Å². The fourth-order valence-corrected chi connectivity index (χ4v) is 5.07. The second kappa shape index (κ2) is 9.55. The Hall–Kier alpha value is -3.24. The van der Waals surface area contributed by atoms with Gasteiger partial charge in [0.1, 0.15) is 0 Å². The third kappa shape index (κ3) is 5.45. The summed E-state index contributed by atoms with van der Waals surface area (Å²) in [6.07, 6.45) is 0. The minimum Gasteiger partial charge on any atom is -0.419 e. The number of hydrogen-bond donors (Lipinski definition) is 1. The number of sulfone groups is 1. The van der Waals surface area contributed by atoms with Crippen LogP contribution in [0, 0.1) is 6.92 Å². The Morgan fingerprint density at radius 1 is 0.941 bits per heavy atom. The molecular weight excluding hydrogens is 485 g/mol. The van der Waals surface area contributed by atoms with Gasteiger partial charge in [0.05, 0.1) is 4.90 Å². The molecule has 0 atom stereocenters. The van der Waals surface area contributed by atoms with Crippen molar-refractivity contribution in [1.29, 1.82) is 0 Å². The lowest BCUT2D eigenvalue weighted by atomic mass is 10.1. The van der Waals surface area contributed by atoms with Crippen LogP contribution >= 0.6 is 11.8 Å². The molecular formula is C24H19F3N2O3S2. The molecule has 5 nitrogen and oxygen atoms in total. The Labute approximate surface area is 199 Å². The second-order valence-electron chi connectivity index (χ2n) is 7.33. The number of anilines is 1. The van der Waals surface area contributed by atoms with E-state index < -0.39 is 15.3 Å². The van der Waals surface area contributed by atoms with E-state index >= 15 is 0 Å². The van der Waals surface area contributed by atoms with Crippen LogP contribution in [-0.4, -0.2) is 18.9 Å². The average molecular weight is 505 g/mol. The monoisotopic (exact) mass is 504 g/mol. The molecule has 0 aliphatic heterocycles. The highest BCUT2D eigenvalue weighted by Crippen LogP contribution is 2.37. The van der Waals surface area contributed by atoms with E-state index in [4.69, 9.17) is 4.42 Å². The Morgan fingerprint density at radius 2 is 1.59 bits per heavy atom. The summed E-state index contributed by atoms with van der Waals surface area (Å²) in [4.78, 5) is 4.44. The molecule has 0 saturated heterocycles. The van der Waals surface area contributed by atoms with Gasteiger partial charge in [-0.05, 0) is 60.1 Å². The van der Waals surface area contributed by atoms with Gasteiger partial charge in [0.2, 0.25) is 26.6 Å². The average Bonchev–Trinajstić information content (AvgIpc) is 3.23. The van der Waals surface area contributed by atoms with E-state index in [2.05, 4.69) is 10.3 Å². The van der Waals surface area contributed by atoms with Crippen molar-refractivity contribution in [2.45, 2.75) is 33.8 Å². The normalized spacial score (nSPS) is 12.0. The van der Waals surface area contributed by atoms with Crippen LogP contribution < -0.4 is 5.32 Å². The van der Waals surface area contributed by atoms with E-state index in [0.717, 1.165) is 5.56 Å². The molecule has 0 unspecified atom stereocenters. The van der Waals surface area contributed by atoms with Gasteiger partial charge in [0.15, 0.2) is 0 Å². The van der Waals surface area contributed by atoms with Crippen molar-refractivity contribution in [3.63, 3.8) is 0 Å². The van der Waals surface area contributed by atoms with E-state index in [0.29, 0.717) is 11.1 Å². The summed E-state index contributed by atoms with van der Waals surface area (Å²) in [7, 11) is -4.00. The first-order valence-corrected chi connectivity index (χ1v) is 12.4. The largest absolute Gasteiger partial charge is 0.446 e. The zero-order chi connectivity index (χ0) is 24.3. The number of benzene rings is 3. The first-order valence-electron chi connectivity index (χ1n) is 10.1. The van der Waals surface area contributed by atoms with Crippen molar-refractivity contribution >= 4 is 27.5 Å². The smallest absolute Gasteiger partial charge is 0.419 e. The maximum atomic E-state index is 13.3. The lowest BCUT2D eigenvalue weighted by Gasteiger charge is -2.08. The third-order valence-corrected chi connectivity index (χ3v) is 7.31. The number of nitrogens with zero attached hydrogens (tertiary/aromatic N) is 1. The number of oxazole rings is 1. The lowest BCUT2D eigenvalue weighted by molar-refractivity contribution is -0.0328. The molecule has 4 rings (SSSR count). The summed E-state index contributed by atoms with van der Waals surface area (Å²) in [5, 5.41) is 2.68. The van der Waals surface area contributed by atoms with Crippen LogP contribution in [0.25, 0.3) is 11.5 Å². The molecule has 34 heavy (non-hydrogen) atoms. The predicted octanol–water partition coefficient (Wildman–Crippen LogP) is 6.71. The first-order chi connectivity index (χ1) is 16.1. The molecule has 0 amide bonds. The van der Waals surface area contributed by atoms with Crippen molar-refractivity contribution in [2.24, 2.45) is 0 Å². The number of thioether (sulfide) groups is 1. The maximum Gasteiger partial charge on any atom is 0.446 e. The van der Waals surface area contributed by atoms with Crippen LogP contribution in [0.4, 0.5) is 19.1 Å². The number of alkyl halides is 3. The van der Waals surface area contributed by atoms with Crippen LogP contribution in [0.15, 0.2) is 98.1 Å². The Bertz CT molecular complexity index is 1390. The number of hydrogen-bond acceptors (Lipinski definition) is 6. The van der Waals surface area contributed by atoms with Crippen molar-refractivity contribution in [3.05, 3.63) is 90.0 Å². The first kappa shape index (κ1) is 23.9. The molecule has 4 aromatic rings. The summed E-state index contributed by atoms with van der Waals surface area (Å²) in [6, 6.07) is 20.9. The number of halogens is 3. The molecule has 0 aliphatic rings. The van der Waals surface area contributed by atoms with Gasteiger partial charge in [-0.3, -0.25) is 0 Å². The molecule has 1 heterocycles. The molecule has 0 aliphatic carbocycles. The Kier molecular flexibility index (Phi) is 6.72. The van der Waals surface area contributed by atoms with Gasteiger partial charge in [-0.25, -0.2) is 8.42 Å². The van der Waals surface area contributed by atoms with E-state index in [1.165, 1.54) is 36.4 Å². The van der Waals surface area contributed by atoms with Crippen molar-refractivity contribution in [3.8, 4) is 11.5 Å². The number of aryl methyl sites for hydroxylation is 1. The number of aromatic nitrogens is 1. The lowest BCUT2D eigenvalue weighted by Crippen LogP contribution is -2.07. The molecule has 0 fully saturated rings. The SMILES string of the molecule is Cc1ccccc1-c1nc(S(=O)(=O)c2ccccc2)c(NCc2ccc(SC(F)(F)F)cc2)o1. The van der Waals surface area contributed by atoms with Crippen molar-refractivity contribution in [1.82, 2.24) is 4.98 Å². The highest BCUT2D eigenvalue weighted by molar-refractivity contribution is 8.00. The fourth-order valence-electron chi connectivity index (χ4n) is 3.23. The van der Waals surface area contributed by atoms with E-state index in [-0.39, 0.29) is 44.9 Å². The van der Waals surface area contributed by atoms with Gasteiger partial charge in [-0.15, -0.1) is 0 Å². The molecule has 10 heteroatoms. The zero-order valence-corrected chi connectivity index (χ0v) is 19.5. The second-order valence-corrected chi connectivity index (χ2v) is 10.3. The van der Waals surface area contributed by atoms with E-state index in [1.807, 2.05) is 19.1 Å². The van der Waals surface area contributed by atoms with Gasteiger partial charge in [0, 0.05) is 17.0 Å². The standard InChI is InChI=1S/C24H19F3N2O3S2/c1-16-7-5-6-10-20(16)21-29-23(34(30,31)19-8-3-2-4-9-19)22(32-21)28-15-17-11-13-18(14-12-17)33-24(25,26)27/h2-14,28H,15H2,1H3. The van der Waals surface area contributed by atoms with Gasteiger partial charge >= 0.3 is 5.51 Å². The summed E-state index contributed by atoms with van der Waals surface area (Å²) >= 11 is -0.199. The summed E-state index contributed by atoms with van der Waals surface area (Å²) in [5.74, 6) is 0.0999. The van der Waals surface area contributed by atoms with Crippen LogP contribution in [0.2, 0.25) is 0 Å². The summed E-state index contributed by atoms with van der Waals surface area (Å²) in [6.45, 7) is 1.98. The van der Waals surface area contributed by atoms with Crippen LogP contribution in [0.3, 0.4) is 0 Å². The minimum absolute atomic E-state index is 0.0455. The Morgan fingerprint density at radius 3 is 2.24 bits per heavy atom. The fraction of sp³-hybridized carbons (Fsp3) is 0.125. The molecule has 0 bridgehead atoms. The predicted molar refractivity (Wildman–Crippen MR) is 124 cm³/mol. The minimum atomic E-state index is -4.37. The number of nitrogens with one attached hydrogen (secondary N) is 1.